The molecule has 0 saturated carbocycles. The zero-order valence-electron chi connectivity index (χ0n) is 16.7. The predicted molar refractivity (Wildman–Crippen MR) is 112 cm³/mol. The van der Waals surface area contributed by atoms with Crippen LogP contribution in [0.2, 0.25) is 0 Å². The van der Waals surface area contributed by atoms with E-state index in [9.17, 15) is 13.2 Å². The van der Waals surface area contributed by atoms with E-state index in [4.69, 9.17) is 4.74 Å². The van der Waals surface area contributed by atoms with Crippen LogP contribution >= 0.6 is 0 Å². The number of carbonyl (C=O) groups is 1. The molecular weight excluding hydrogens is 376 g/mol. The van der Waals surface area contributed by atoms with Crippen LogP contribution in [0, 0.1) is 0 Å². The van der Waals surface area contributed by atoms with Crippen LogP contribution in [0.15, 0.2) is 53.4 Å². The maximum Gasteiger partial charge on any atom is 0.248 e. The normalized spacial score (nSPS) is 12.2. The highest BCUT2D eigenvalue weighted by molar-refractivity contribution is 7.89. The standard InChI is InChI=1S/C21H26N2O4S/c1-21(2,3)16-8-10-17(11-9-16)23-20(24)13-7-15-6-12-18(27-5)19(14-15)28(25,26)22-4/h6-14,22H,1-5H3,(H,23,24)/b13-7+. The van der Waals surface area contributed by atoms with Crippen LogP contribution in [-0.2, 0) is 20.2 Å². The lowest BCUT2D eigenvalue weighted by Crippen LogP contribution is -2.19. The van der Waals surface area contributed by atoms with Gasteiger partial charge >= 0.3 is 0 Å². The molecular formula is C21H26N2O4S. The summed E-state index contributed by atoms with van der Waals surface area (Å²) in [6.45, 7) is 6.38. The van der Waals surface area contributed by atoms with Gasteiger partial charge in [0, 0.05) is 11.8 Å². The van der Waals surface area contributed by atoms with Gasteiger partial charge in [0.1, 0.15) is 10.6 Å². The number of sulfonamides is 1. The van der Waals surface area contributed by atoms with E-state index >= 15 is 0 Å². The highest BCUT2D eigenvalue weighted by Gasteiger charge is 2.17. The first-order chi connectivity index (χ1) is 13.1. The lowest BCUT2D eigenvalue weighted by atomic mass is 9.87. The van der Waals surface area contributed by atoms with E-state index < -0.39 is 10.0 Å². The Bertz CT molecular complexity index is 972. The number of ether oxygens (including phenoxy) is 1. The molecule has 0 heterocycles. The molecule has 150 valence electrons. The van der Waals surface area contributed by atoms with Gasteiger partial charge in [-0.05, 0) is 53.9 Å². The Hall–Kier alpha value is -2.64. The molecule has 2 N–H and O–H groups in total. The van der Waals surface area contributed by atoms with Crippen molar-refractivity contribution >= 4 is 27.7 Å². The number of hydrogen-bond donors (Lipinski definition) is 2. The third-order valence-electron chi connectivity index (χ3n) is 4.19. The summed E-state index contributed by atoms with van der Waals surface area (Å²) < 4.78 is 31.6. The molecule has 0 aliphatic rings. The number of hydrogen-bond acceptors (Lipinski definition) is 4. The van der Waals surface area contributed by atoms with E-state index in [-0.39, 0.29) is 22.0 Å². The predicted octanol–water partition coefficient (Wildman–Crippen LogP) is 3.55. The van der Waals surface area contributed by atoms with Crippen molar-refractivity contribution in [1.29, 1.82) is 0 Å². The molecule has 2 aromatic carbocycles. The zero-order chi connectivity index (χ0) is 20.9. The monoisotopic (exact) mass is 402 g/mol. The Morgan fingerprint density at radius 2 is 1.71 bits per heavy atom. The van der Waals surface area contributed by atoms with Crippen molar-refractivity contribution in [2.75, 3.05) is 19.5 Å². The summed E-state index contributed by atoms with van der Waals surface area (Å²) in [5.74, 6) is -0.0766. The number of rotatable bonds is 6. The van der Waals surface area contributed by atoms with Gasteiger partial charge in [-0.3, -0.25) is 4.79 Å². The Balaban J connectivity index is 2.15. The zero-order valence-corrected chi connectivity index (χ0v) is 17.6. The van der Waals surface area contributed by atoms with Crippen LogP contribution in [-0.4, -0.2) is 28.5 Å². The van der Waals surface area contributed by atoms with Crippen molar-refractivity contribution in [3.63, 3.8) is 0 Å². The third kappa shape index (κ3) is 5.43. The van der Waals surface area contributed by atoms with Gasteiger partial charge in [0.15, 0.2) is 0 Å². The van der Waals surface area contributed by atoms with Crippen molar-refractivity contribution in [3.05, 3.63) is 59.7 Å². The topological polar surface area (TPSA) is 84.5 Å². The smallest absolute Gasteiger partial charge is 0.248 e. The largest absolute Gasteiger partial charge is 0.495 e. The molecule has 0 aliphatic carbocycles. The van der Waals surface area contributed by atoms with Gasteiger partial charge in [0.2, 0.25) is 15.9 Å². The summed E-state index contributed by atoms with van der Waals surface area (Å²) >= 11 is 0. The summed E-state index contributed by atoms with van der Waals surface area (Å²) in [7, 11) is -0.947. The summed E-state index contributed by atoms with van der Waals surface area (Å²) in [5.41, 5.74) is 2.48. The molecule has 0 aliphatic heterocycles. The second kappa shape index (κ2) is 8.58. The van der Waals surface area contributed by atoms with Gasteiger partial charge in [-0.1, -0.05) is 39.0 Å². The minimum Gasteiger partial charge on any atom is -0.495 e. The Morgan fingerprint density at radius 1 is 1.07 bits per heavy atom. The van der Waals surface area contributed by atoms with Crippen LogP contribution in [0.25, 0.3) is 6.08 Å². The molecule has 7 heteroatoms. The second-order valence-electron chi connectivity index (χ2n) is 7.27. The van der Waals surface area contributed by atoms with E-state index in [1.165, 1.54) is 31.9 Å². The van der Waals surface area contributed by atoms with Crippen molar-refractivity contribution in [3.8, 4) is 5.75 Å². The Kier molecular flexibility index (Phi) is 6.64. The van der Waals surface area contributed by atoms with Gasteiger partial charge in [0.05, 0.1) is 7.11 Å². The molecule has 6 nitrogen and oxygen atoms in total. The molecule has 2 aromatic rings. The van der Waals surface area contributed by atoms with E-state index in [0.29, 0.717) is 11.3 Å². The molecule has 0 unspecified atom stereocenters. The van der Waals surface area contributed by atoms with Gasteiger partial charge in [-0.25, -0.2) is 13.1 Å². The Morgan fingerprint density at radius 3 is 2.25 bits per heavy atom. The highest BCUT2D eigenvalue weighted by Crippen LogP contribution is 2.25. The fraction of sp³-hybridized carbons (Fsp3) is 0.286. The first kappa shape index (κ1) is 21.7. The average molecular weight is 403 g/mol. The molecule has 0 spiro atoms. The molecule has 0 bridgehead atoms. The van der Waals surface area contributed by atoms with Crippen molar-refractivity contribution in [2.24, 2.45) is 0 Å². The lowest BCUT2D eigenvalue weighted by Gasteiger charge is -2.19. The molecule has 2 rings (SSSR count). The molecule has 28 heavy (non-hydrogen) atoms. The highest BCUT2D eigenvalue weighted by atomic mass is 32.2. The minimum atomic E-state index is -3.68. The maximum atomic E-state index is 12.2. The van der Waals surface area contributed by atoms with E-state index in [0.717, 1.165) is 0 Å². The van der Waals surface area contributed by atoms with Gasteiger partial charge < -0.3 is 10.1 Å². The van der Waals surface area contributed by atoms with Crippen LogP contribution < -0.4 is 14.8 Å². The fourth-order valence-corrected chi connectivity index (χ4v) is 3.45. The van der Waals surface area contributed by atoms with E-state index in [2.05, 4.69) is 30.8 Å². The molecule has 1 amide bonds. The maximum absolute atomic E-state index is 12.2. The fourth-order valence-electron chi connectivity index (χ4n) is 2.53. The summed E-state index contributed by atoms with van der Waals surface area (Å²) in [5, 5.41) is 2.79. The molecule has 0 fully saturated rings. The van der Waals surface area contributed by atoms with Crippen molar-refractivity contribution < 1.29 is 17.9 Å². The SMILES string of the molecule is CNS(=O)(=O)c1cc(/C=C/C(=O)Nc2ccc(C(C)(C)C)cc2)ccc1OC. The van der Waals surface area contributed by atoms with Crippen molar-refractivity contribution in [1.82, 2.24) is 4.72 Å². The number of anilines is 1. The summed E-state index contributed by atoms with van der Waals surface area (Å²) in [6.07, 6.45) is 2.90. The van der Waals surface area contributed by atoms with E-state index in [1.807, 2.05) is 24.3 Å². The molecule has 0 radical (unpaired) electrons. The lowest BCUT2D eigenvalue weighted by molar-refractivity contribution is -0.111. The minimum absolute atomic E-state index is 0.0119. The number of nitrogens with one attached hydrogen (secondary N) is 2. The quantitative estimate of drug-likeness (QED) is 0.724. The van der Waals surface area contributed by atoms with Crippen LogP contribution in [0.3, 0.4) is 0 Å². The van der Waals surface area contributed by atoms with Gasteiger partial charge in [0.25, 0.3) is 0 Å². The Labute approximate surface area is 166 Å². The van der Waals surface area contributed by atoms with Gasteiger partial charge in [-0.15, -0.1) is 0 Å². The van der Waals surface area contributed by atoms with Crippen LogP contribution in [0.4, 0.5) is 5.69 Å². The first-order valence-electron chi connectivity index (χ1n) is 8.78. The van der Waals surface area contributed by atoms with Crippen LogP contribution in [0.1, 0.15) is 31.9 Å². The first-order valence-corrected chi connectivity index (χ1v) is 10.3. The number of amides is 1. The number of carbonyl (C=O) groups excluding carboxylic acids is 1. The molecule has 0 aromatic heterocycles. The second-order valence-corrected chi connectivity index (χ2v) is 9.12. The average Bonchev–Trinajstić information content (AvgIpc) is 2.66. The van der Waals surface area contributed by atoms with E-state index in [1.54, 1.807) is 18.2 Å². The summed E-state index contributed by atoms with van der Waals surface area (Å²) in [6, 6.07) is 12.4. The summed E-state index contributed by atoms with van der Waals surface area (Å²) in [4.78, 5) is 12.2. The molecule has 0 saturated heterocycles. The van der Waals surface area contributed by atoms with Crippen LogP contribution in [0.5, 0.6) is 5.75 Å². The number of benzene rings is 2. The molecule has 0 atom stereocenters. The van der Waals surface area contributed by atoms with Crippen molar-refractivity contribution in [2.45, 2.75) is 31.1 Å². The van der Waals surface area contributed by atoms with Gasteiger partial charge in [-0.2, -0.15) is 0 Å². The number of methoxy groups -OCH3 is 1. The third-order valence-corrected chi connectivity index (χ3v) is 5.63.